The standard InChI is InChI=1S/C14H16F2N2O3/c15-11-2-1-3-12(16)10(11)8-18(9-4-5-9)14(21)17-7-6-13(19)20/h1-3,9H,4-8H2,(H,17,21)(H,19,20). The monoisotopic (exact) mass is 298 g/mol. The Morgan fingerprint density at radius 1 is 1.29 bits per heavy atom. The highest BCUT2D eigenvalue weighted by Gasteiger charge is 2.33. The number of carbonyl (C=O) groups is 2. The van der Waals surface area contributed by atoms with Crippen LogP contribution in [-0.4, -0.2) is 34.6 Å². The number of urea groups is 1. The maximum absolute atomic E-state index is 13.6. The molecule has 2 N–H and O–H groups in total. The van der Waals surface area contributed by atoms with Gasteiger partial charge in [0.15, 0.2) is 0 Å². The summed E-state index contributed by atoms with van der Waals surface area (Å²) in [6, 6.07) is 3.01. The summed E-state index contributed by atoms with van der Waals surface area (Å²) in [5.41, 5.74) is -0.155. The van der Waals surface area contributed by atoms with Gasteiger partial charge in [-0.05, 0) is 25.0 Å². The van der Waals surface area contributed by atoms with Gasteiger partial charge in [0.2, 0.25) is 0 Å². The quantitative estimate of drug-likeness (QED) is 0.845. The van der Waals surface area contributed by atoms with E-state index in [1.54, 1.807) is 0 Å². The molecule has 0 spiro atoms. The molecule has 0 atom stereocenters. The maximum atomic E-state index is 13.6. The number of benzene rings is 1. The predicted octanol–water partition coefficient (Wildman–Crippen LogP) is 2.11. The van der Waals surface area contributed by atoms with Gasteiger partial charge in [-0.15, -0.1) is 0 Å². The Kier molecular flexibility index (Phi) is 4.72. The lowest BCUT2D eigenvalue weighted by molar-refractivity contribution is -0.136. The number of nitrogens with zero attached hydrogens (tertiary/aromatic N) is 1. The van der Waals surface area contributed by atoms with Crippen LogP contribution in [0, 0.1) is 11.6 Å². The van der Waals surface area contributed by atoms with Crippen LogP contribution in [0.3, 0.4) is 0 Å². The Morgan fingerprint density at radius 3 is 2.43 bits per heavy atom. The van der Waals surface area contributed by atoms with Crippen molar-refractivity contribution in [2.24, 2.45) is 0 Å². The number of amides is 2. The third-order valence-corrected chi connectivity index (χ3v) is 3.25. The smallest absolute Gasteiger partial charge is 0.317 e. The van der Waals surface area contributed by atoms with Crippen molar-refractivity contribution >= 4 is 12.0 Å². The molecule has 0 saturated heterocycles. The van der Waals surface area contributed by atoms with Crippen LogP contribution in [0.4, 0.5) is 13.6 Å². The van der Waals surface area contributed by atoms with Gasteiger partial charge in [0.05, 0.1) is 13.0 Å². The van der Waals surface area contributed by atoms with Gasteiger partial charge < -0.3 is 15.3 Å². The largest absolute Gasteiger partial charge is 0.481 e. The van der Waals surface area contributed by atoms with Crippen LogP contribution in [0.25, 0.3) is 0 Å². The van der Waals surface area contributed by atoms with Gasteiger partial charge in [0.25, 0.3) is 0 Å². The van der Waals surface area contributed by atoms with Crippen molar-refractivity contribution in [3.05, 3.63) is 35.4 Å². The first kappa shape index (κ1) is 15.2. The lowest BCUT2D eigenvalue weighted by Gasteiger charge is -2.23. The lowest BCUT2D eigenvalue weighted by Crippen LogP contribution is -2.42. The van der Waals surface area contributed by atoms with Gasteiger partial charge in [-0.3, -0.25) is 4.79 Å². The molecule has 1 aromatic carbocycles. The molecule has 0 bridgehead atoms. The average molecular weight is 298 g/mol. The number of carboxylic acid groups (broad SMARTS) is 1. The number of halogens is 2. The molecule has 2 amide bonds. The zero-order valence-corrected chi connectivity index (χ0v) is 11.3. The van der Waals surface area contributed by atoms with Gasteiger partial charge in [-0.1, -0.05) is 6.07 Å². The predicted molar refractivity (Wildman–Crippen MR) is 70.6 cm³/mol. The number of nitrogens with one attached hydrogen (secondary N) is 1. The molecule has 1 fully saturated rings. The molecular formula is C14H16F2N2O3. The van der Waals surface area contributed by atoms with Crippen molar-refractivity contribution in [3.8, 4) is 0 Å². The molecule has 0 aromatic heterocycles. The van der Waals surface area contributed by atoms with Gasteiger partial charge in [0.1, 0.15) is 11.6 Å². The van der Waals surface area contributed by atoms with E-state index in [4.69, 9.17) is 5.11 Å². The summed E-state index contributed by atoms with van der Waals surface area (Å²) in [7, 11) is 0. The molecule has 2 rings (SSSR count). The molecule has 7 heteroatoms. The molecule has 5 nitrogen and oxygen atoms in total. The van der Waals surface area contributed by atoms with Crippen LogP contribution >= 0.6 is 0 Å². The second-order valence-corrected chi connectivity index (χ2v) is 4.93. The van der Waals surface area contributed by atoms with Crippen molar-refractivity contribution in [1.29, 1.82) is 0 Å². The van der Waals surface area contributed by atoms with Crippen LogP contribution in [-0.2, 0) is 11.3 Å². The fourth-order valence-electron chi connectivity index (χ4n) is 1.98. The highest BCUT2D eigenvalue weighted by Crippen LogP contribution is 2.29. The van der Waals surface area contributed by atoms with Crippen molar-refractivity contribution in [1.82, 2.24) is 10.2 Å². The first-order valence-corrected chi connectivity index (χ1v) is 6.68. The lowest BCUT2D eigenvalue weighted by atomic mass is 10.2. The molecule has 1 aliphatic carbocycles. The maximum Gasteiger partial charge on any atom is 0.317 e. The minimum atomic E-state index is -1.02. The number of aliphatic carboxylic acids is 1. The zero-order chi connectivity index (χ0) is 15.4. The summed E-state index contributed by atoms with van der Waals surface area (Å²) >= 11 is 0. The third-order valence-electron chi connectivity index (χ3n) is 3.25. The molecule has 1 aromatic rings. The molecule has 1 aliphatic rings. The topological polar surface area (TPSA) is 69.6 Å². The van der Waals surface area contributed by atoms with E-state index in [2.05, 4.69) is 5.32 Å². The molecule has 0 radical (unpaired) electrons. The average Bonchev–Trinajstić information content (AvgIpc) is 3.22. The summed E-state index contributed by atoms with van der Waals surface area (Å²) in [4.78, 5) is 23.8. The van der Waals surface area contributed by atoms with Crippen molar-refractivity contribution < 1.29 is 23.5 Å². The molecule has 114 valence electrons. The van der Waals surface area contributed by atoms with Crippen molar-refractivity contribution in [2.75, 3.05) is 6.54 Å². The summed E-state index contributed by atoms with van der Waals surface area (Å²) in [6.07, 6.45) is 1.36. The number of rotatable bonds is 6. The number of carboxylic acids is 1. The zero-order valence-electron chi connectivity index (χ0n) is 11.3. The highest BCUT2D eigenvalue weighted by atomic mass is 19.1. The van der Waals surface area contributed by atoms with Gasteiger partial charge in [-0.25, -0.2) is 13.6 Å². The Balaban J connectivity index is 2.02. The molecule has 21 heavy (non-hydrogen) atoms. The van der Waals surface area contributed by atoms with E-state index in [1.165, 1.54) is 11.0 Å². The minimum absolute atomic E-state index is 0.0167. The summed E-state index contributed by atoms with van der Waals surface area (Å²) < 4.78 is 27.3. The first-order chi connectivity index (χ1) is 9.99. The Labute approximate surface area is 120 Å². The highest BCUT2D eigenvalue weighted by molar-refractivity contribution is 5.76. The molecule has 1 saturated carbocycles. The van der Waals surface area contributed by atoms with Crippen LogP contribution < -0.4 is 5.32 Å². The van der Waals surface area contributed by atoms with Gasteiger partial charge in [0, 0.05) is 18.2 Å². The van der Waals surface area contributed by atoms with Crippen LogP contribution in [0.2, 0.25) is 0 Å². The molecule has 0 aliphatic heterocycles. The summed E-state index contributed by atoms with van der Waals surface area (Å²) in [6.45, 7) is -0.181. The molecule has 0 unspecified atom stereocenters. The van der Waals surface area contributed by atoms with E-state index in [-0.39, 0.29) is 31.1 Å². The number of hydrogen-bond donors (Lipinski definition) is 2. The summed E-state index contributed by atoms with van der Waals surface area (Å²) in [5, 5.41) is 11.0. The van der Waals surface area contributed by atoms with Gasteiger partial charge >= 0.3 is 12.0 Å². The van der Waals surface area contributed by atoms with E-state index in [1.807, 2.05) is 0 Å². The Hall–Kier alpha value is -2.18. The Morgan fingerprint density at radius 2 is 1.90 bits per heavy atom. The normalized spacial score (nSPS) is 13.8. The molecule has 0 heterocycles. The van der Waals surface area contributed by atoms with Crippen LogP contribution in [0.15, 0.2) is 18.2 Å². The fraction of sp³-hybridized carbons (Fsp3) is 0.429. The number of hydrogen-bond acceptors (Lipinski definition) is 2. The van der Waals surface area contributed by atoms with Crippen molar-refractivity contribution in [2.45, 2.75) is 31.8 Å². The first-order valence-electron chi connectivity index (χ1n) is 6.68. The third kappa shape index (κ3) is 4.14. The summed E-state index contributed by atoms with van der Waals surface area (Å²) in [5.74, 6) is -2.41. The van der Waals surface area contributed by atoms with E-state index < -0.39 is 23.6 Å². The fourth-order valence-corrected chi connectivity index (χ4v) is 1.98. The van der Waals surface area contributed by atoms with E-state index in [9.17, 15) is 18.4 Å². The van der Waals surface area contributed by atoms with E-state index in [0.717, 1.165) is 25.0 Å². The van der Waals surface area contributed by atoms with E-state index in [0.29, 0.717) is 0 Å². The Bertz CT molecular complexity index is 527. The second kappa shape index (κ2) is 6.51. The van der Waals surface area contributed by atoms with Crippen molar-refractivity contribution in [3.63, 3.8) is 0 Å². The SMILES string of the molecule is O=C(O)CCNC(=O)N(Cc1c(F)cccc1F)C1CC1. The second-order valence-electron chi connectivity index (χ2n) is 4.93. The van der Waals surface area contributed by atoms with E-state index >= 15 is 0 Å². The van der Waals surface area contributed by atoms with Crippen LogP contribution in [0.5, 0.6) is 0 Å². The van der Waals surface area contributed by atoms with Crippen LogP contribution in [0.1, 0.15) is 24.8 Å². The molecular weight excluding hydrogens is 282 g/mol. The van der Waals surface area contributed by atoms with Gasteiger partial charge in [-0.2, -0.15) is 0 Å². The number of carbonyl (C=O) groups excluding carboxylic acids is 1. The minimum Gasteiger partial charge on any atom is -0.481 e.